The molecule has 1 heterocycles. The van der Waals surface area contributed by atoms with Gasteiger partial charge in [-0.15, -0.1) is 0 Å². The summed E-state index contributed by atoms with van der Waals surface area (Å²) in [6.45, 7) is 4.00. The molecule has 0 aliphatic heterocycles. The number of carbonyl (C=O) groups is 1. The normalized spacial score (nSPS) is 11.6. The van der Waals surface area contributed by atoms with Crippen LogP contribution in [0, 0.1) is 0 Å². The maximum Gasteiger partial charge on any atom is 0.229 e. The first-order chi connectivity index (χ1) is 9.97. The van der Waals surface area contributed by atoms with Crippen LogP contribution in [0.15, 0.2) is 36.5 Å². The molecule has 2 rings (SSSR count). The molecular formula is C17H23N3O. The molecule has 1 aromatic heterocycles. The molecule has 0 fully saturated rings. The van der Waals surface area contributed by atoms with Crippen molar-refractivity contribution in [2.24, 2.45) is 12.8 Å². The number of para-hydroxylation sites is 1. The highest BCUT2D eigenvalue weighted by Crippen LogP contribution is 2.40. The van der Waals surface area contributed by atoms with Gasteiger partial charge in [0.15, 0.2) is 0 Å². The number of hydrogen-bond acceptors (Lipinski definition) is 2. The lowest BCUT2D eigenvalue weighted by Crippen LogP contribution is -2.42. The number of aryl methyl sites for hydroxylation is 1. The molecule has 0 aliphatic rings. The number of hydrogen-bond donors (Lipinski definition) is 2. The predicted octanol–water partition coefficient (Wildman–Crippen LogP) is 2.82. The van der Waals surface area contributed by atoms with Gasteiger partial charge in [0.2, 0.25) is 5.91 Å². The smallest absolute Gasteiger partial charge is 0.229 e. The number of nitrogens with two attached hydrogens (primary N) is 2. The molecule has 0 spiro atoms. The molecule has 0 saturated carbocycles. The second kappa shape index (κ2) is 5.64. The first-order valence-electron chi connectivity index (χ1n) is 7.28. The second-order valence-electron chi connectivity index (χ2n) is 5.43. The lowest BCUT2D eigenvalue weighted by molar-refractivity contribution is -0.124. The summed E-state index contributed by atoms with van der Waals surface area (Å²) in [7, 11) is 1.95. The van der Waals surface area contributed by atoms with Crippen LogP contribution in [0.25, 0.3) is 11.1 Å². The Hall–Kier alpha value is -2.23. The topological polar surface area (TPSA) is 74.0 Å². The summed E-state index contributed by atoms with van der Waals surface area (Å²) >= 11 is 0. The minimum absolute atomic E-state index is 0.287. The van der Waals surface area contributed by atoms with Gasteiger partial charge in [-0.05, 0) is 25.0 Å². The Kier molecular flexibility index (Phi) is 4.07. The van der Waals surface area contributed by atoms with Crippen molar-refractivity contribution in [2.75, 3.05) is 5.73 Å². The number of rotatable bonds is 5. The van der Waals surface area contributed by atoms with Crippen LogP contribution in [-0.4, -0.2) is 10.5 Å². The third-order valence-electron chi connectivity index (χ3n) is 4.46. The van der Waals surface area contributed by atoms with Gasteiger partial charge in [-0.3, -0.25) is 4.79 Å². The van der Waals surface area contributed by atoms with Gasteiger partial charge in [-0.25, -0.2) is 0 Å². The molecule has 112 valence electrons. The molecule has 0 radical (unpaired) electrons. The van der Waals surface area contributed by atoms with E-state index in [-0.39, 0.29) is 5.91 Å². The molecule has 0 atom stereocenters. The lowest BCUT2D eigenvalue weighted by Gasteiger charge is -2.30. The number of nitrogen functional groups attached to an aromatic ring is 1. The van der Waals surface area contributed by atoms with Crippen molar-refractivity contribution in [3.8, 4) is 11.1 Å². The molecule has 0 bridgehead atoms. The number of anilines is 1. The molecular weight excluding hydrogens is 262 g/mol. The molecule has 21 heavy (non-hydrogen) atoms. The van der Waals surface area contributed by atoms with E-state index in [1.54, 1.807) is 0 Å². The van der Waals surface area contributed by atoms with E-state index in [1.807, 2.05) is 62.0 Å². The fourth-order valence-corrected chi connectivity index (χ4v) is 3.13. The van der Waals surface area contributed by atoms with Crippen LogP contribution in [0.5, 0.6) is 0 Å². The van der Waals surface area contributed by atoms with Crippen LogP contribution in [-0.2, 0) is 17.3 Å². The zero-order valence-electron chi connectivity index (χ0n) is 12.9. The average molecular weight is 285 g/mol. The highest BCUT2D eigenvalue weighted by atomic mass is 16.1. The van der Waals surface area contributed by atoms with Gasteiger partial charge in [0.25, 0.3) is 0 Å². The summed E-state index contributed by atoms with van der Waals surface area (Å²) in [5, 5.41) is 0. The SMILES string of the molecule is CCC(CC)(C(N)=O)c1c(-c2ccccc2N)ccn1C. The van der Waals surface area contributed by atoms with Crippen molar-refractivity contribution < 1.29 is 4.79 Å². The summed E-state index contributed by atoms with van der Waals surface area (Å²) in [6.07, 6.45) is 3.28. The Morgan fingerprint density at radius 3 is 2.29 bits per heavy atom. The largest absolute Gasteiger partial charge is 0.398 e. The number of carbonyl (C=O) groups excluding carboxylic acids is 1. The van der Waals surface area contributed by atoms with E-state index in [4.69, 9.17) is 11.5 Å². The Labute approximate surface area is 125 Å². The molecule has 1 amide bonds. The molecule has 0 saturated heterocycles. The Balaban J connectivity index is 2.74. The monoisotopic (exact) mass is 285 g/mol. The molecule has 2 aromatic rings. The maximum atomic E-state index is 12.2. The van der Waals surface area contributed by atoms with E-state index >= 15 is 0 Å². The zero-order chi connectivity index (χ0) is 15.6. The summed E-state index contributed by atoms with van der Waals surface area (Å²) in [6, 6.07) is 9.71. The van der Waals surface area contributed by atoms with E-state index in [0.29, 0.717) is 18.5 Å². The van der Waals surface area contributed by atoms with E-state index in [0.717, 1.165) is 16.8 Å². The van der Waals surface area contributed by atoms with Gasteiger partial charge in [0.05, 0.1) is 5.41 Å². The standard InChI is InChI=1S/C17H23N3O/c1-4-17(5-2,16(19)21)15-13(10-11-20(15)3)12-8-6-7-9-14(12)18/h6-11H,4-5,18H2,1-3H3,(H2,19,21). The van der Waals surface area contributed by atoms with Gasteiger partial charge in [0, 0.05) is 35.8 Å². The molecule has 4 N–H and O–H groups in total. The van der Waals surface area contributed by atoms with E-state index < -0.39 is 5.41 Å². The van der Waals surface area contributed by atoms with Crippen molar-refractivity contribution >= 4 is 11.6 Å². The first-order valence-corrected chi connectivity index (χ1v) is 7.28. The second-order valence-corrected chi connectivity index (χ2v) is 5.43. The highest BCUT2D eigenvalue weighted by molar-refractivity contribution is 5.90. The maximum absolute atomic E-state index is 12.2. The van der Waals surface area contributed by atoms with Crippen molar-refractivity contribution in [2.45, 2.75) is 32.1 Å². The van der Waals surface area contributed by atoms with Crippen LogP contribution in [0.3, 0.4) is 0 Å². The van der Waals surface area contributed by atoms with Crippen molar-refractivity contribution in [1.82, 2.24) is 4.57 Å². The quantitative estimate of drug-likeness (QED) is 0.829. The van der Waals surface area contributed by atoms with Gasteiger partial charge >= 0.3 is 0 Å². The van der Waals surface area contributed by atoms with Crippen LogP contribution in [0.2, 0.25) is 0 Å². The first kappa shape index (κ1) is 15.2. The molecule has 0 aliphatic carbocycles. The van der Waals surface area contributed by atoms with Crippen LogP contribution < -0.4 is 11.5 Å². The van der Waals surface area contributed by atoms with E-state index in [1.165, 1.54) is 0 Å². The minimum Gasteiger partial charge on any atom is -0.398 e. The van der Waals surface area contributed by atoms with Crippen LogP contribution in [0.4, 0.5) is 5.69 Å². The number of aromatic nitrogens is 1. The van der Waals surface area contributed by atoms with Crippen molar-refractivity contribution in [3.05, 3.63) is 42.2 Å². The summed E-state index contributed by atoms with van der Waals surface area (Å²) in [4.78, 5) is 12.2. The average Bonchev–Trinajstić information content (AvgIpc) is 2.84. The number of primary amides is 1. The summed E-state index contributed by atoms with van der Waals surface area (Å²) < 4.78 is 1.99. The van der Waals surface area contributed by atoms with Gasteiger partial charge < -0.3 is 16.0 Å². The van der Waals surface area contributed by atoms with Crippen LogP contribution >= 0.6 is 0 Å². The Morgan fingerprint density at radius 2 is 1.76 bits per heavy atom. The third-order valence-corrected chi connectivity index (χ3v) is 4.46. The van der Waals surface area contributed by atoms with Crippen LogP contribution in [0.1, 0.15) is 32.4 Å². The number of nitrogens with zero attached hydrogens (tertiary/aromatic N) is 1. The van der Waals surface area contributed by atoms with Gasteiger partial charge in [-0.1, -0.05) is 32.0 Å². The molecule has 1 aromatic carbocycles. The Morgan fingerprint density at radius 1 is 1.14 bits per heavy atom. The van der Waals surface area contributed by atoms with E-state index in [2.05, 4.69) is 0 Å². The van der Waals surface area contributed by atoms with Crippen molar-refractivity contribution in [3.63, 3.8) is 0 Å². The third kappa shape index (κ3) is 2.31. The molecule has 4 nitrogen and oxygen atoms in total. The van der Waals surface area contributed by atoms with Gasteiger partial charge in [-0.2, -0.15) is 0 Å². The zero-order valence-corrected chi connectivity index (χ0v) is 12.9. The fraction of sp³-hybridized carbons (Fsp3) is 0.353. The van der Waals surface area contributed by atoms with E-state index in [9.17, 15) is 4.79 Å². The predicted molar refractivity (Wildman–Crippen MR) is 86.7 cm³/mol. The van der Waals surface area contributed by atoms with Gasteiger partial charge in [0.1, 0.15) is 0 Å². The highest BCUT2D eigenvalue weighted by Gasteiger charge is 2.39. The summed E-state index contributed by atoms with van der Waals surface area (Å²) in [5.74, 6) is -0.287. The number of benzene rings is 1. The lowest BCUT2D eigenvalue weighted by atomic mass is 9.76. The number of amides is 1. The minimum atomic E-state index is -0.671. The molecule has 0 unspecified atom stereocenters. The fourth-order valence-electron chi connectivity index (χ4n) is 3.13. The van der Waals surface area contributed by atoms with Crippen molar-refractivity contribution in [1.29, 1.82) is 0 Å². The Bertz CT molecular complexity index is 654. The summed E-state index contributed by atoms with van der Waals surface area (Å²) in [5.41, 5.74) is 14.8. The molecule has 4 heteroatoms.